The average molecular weight is 227 g/mol. The molecule has 0 aliphatic heterocycles. The van der Waals surface area contributed by atoms with Crippen LogP contribution in [0.4, 0.5) is 0 Å². The number of nitrogens with two attached hydrogens (primary N) is 1. The molecule has 0 aliphatic rings. The van der Waals surface area contributed by atoms with Gasteiger partial charge in [-0.15, -0.1) is 0 Å². The first-order valence-electron chi connectivity index (χ1n) is 5.73. The van der Waals surface area contributed by atoms with Gasteiger partial charge >= 0.3 is 5.97 Å². The second-order valence-electron chi connectivity index (χ2n) is 3.78. The van der Waals surface area contributed by atoms with Crippen LogP contribution >= 0.6 is 0 Å². The monoisotopic (exact) mass is 227 g/mol. The second kappa shape index (κ2) is 9.09. The van der Waals surface area contributed by atoms with Crippen molar-refractivity contribution < 1.29 is 14.7 Å². The lowest BCUT2D eigenvalue weighted by Crippen LogP contribution is -2.30. The Balaban J connectivity index is 3.64. The largest absolute Gasteiger partial charge is 0.481 e. The molecule has 92 valence electrons. The Morgan fingerprint density at radius 2 is 2.00 bits per heavy atom. The topological polar surface area (TPSA) is 80.4 Å². The molecule has 4 nitrogen and oxygen atoms in total. The SMILES string of the molecule is CCC=CCCC(=O)C(N)CCCC(=O)O. The second-order valence-corrected chi connectivity index (χ2v) is 3.78. The Labute approximate surface area is 96.5 Å². The van der Waals surface area contributed by atoms with Crippen molar-refractivity contribution in [1.82, 2.24) is 0 Å². The molecule has 0 saturated carbocycles. The minimum atomic E-state index is -0.842. The van der Waals surface area contributed by atoms with E-state index in [2.05, 4.69) is 0 Å². The smallest absolute Gasteiger partial charge is 0.303 e. The van der Waals surface area contributed by atoms with Gasteiger partial charge in [-0.3, -0.25) is 9.59 Å². The highest BCUT2D eigenvalue weighted by Gasteiger charge is 2.12. The van der Waals surface area contributed by atoms with E-state index in [4.69, 9.17) is 10.8 Å². The van der Waals surface area contributed by atoms with Crippen molar-refractivity contribution in [1.29, 1.82) is 0 Å². The molecule has 0 radical (unpaired) electrons. The van der Waals surface area contributed by atoms with Crippen molar-refractivity contribution in [3.8, 4) is 0 Å². The molecule has 3 N–H and O–H groups in total. The number of rotatable bonds is 9. The summed E-state index contributed by atoms with van der Waals surface area (Å²) in [5, 5.41) is 8.43. The normalized spacial score (nSPS) is 12.9. The molecule has 0 aromatic carbocycles. The fourth-order valence-corrected chi connectivity index (χ4v) is 1.33. The van der Waals surface area contributed by atoms with Crippen LogP contribution in [0.3, 0.4) is 0 Å². The molecule has 0 amide bonds. The molecule has 0 saturated heterocycles. The molecular weight excluding hydrogens is 206 g/mol. The highest BCUT2D eigenvalue weighted by atomic mass is 16.4. The van der Waals surface area contributed by atoms with E-state index in [9.17, 15) is 9.59 Å². The first-order valence-corrected chi connectivity index (χ1v) is 5.73. The van der Waals surface area contributed by atoms with E-state index in [1.807, 2.05) is 19.1 Å². The van der Waals surface area contributed by atoms with E-state index in [0.717, 1.165) is 12.8 Å². The molecule has 1 atom stereocenters. The van der Waals surface area contributed by atoms with Gasteiger partial charge < -0.3 is 10.8 Å². The van der Waals surface area contributed by atoms with Crippen LogP contribution < -0.4 is 5.73 Å². The molecule has 0 fully saturated rings. The highest BCUT2D eigenvalue weighted by Crippen LogP contribution is 2.04. The summed E-state index contributed by atoms with van der Waals surface area (Å²) in [4.78, 5) is 21.7. The number of aliphatic carboxylic acids is 1. The van der Waals surface area contributed by atoms with Crippen LogP contribution in [-0.2, 0) is 9.59 Å². The first-order chi connectivity index (χ1) is 7.57. The zero-order valence-corrected chi connectivity index (χ0v) is 9.82. The summed E-state index contributed by atoms with van der Waals surface area (Å²) in [6.45, 7) is 2.04. The Morgan fingerprint density at radius 3 is 2.56 bits per heavy atom. The van der Waals surface area contributed by atoms with Crippen molar-refractivity contribution in [2.24, 2.45) is 5.73 Å². The third-order valence-electron chi connectivity index (χ3n) is 2.28. The molecule has 0 rings (SSSR count). The van der Waals surface area contributed by atoms with Crippen molar-refractivity contribution in [3.05, 3.63) is 12.2 Å². The highest BCUT2D eigenvalue weighted by molar-refractivity contribution is 5.83. The summed E-state index contributed by atoms with van der Waals surface area (Å²) in [7, 11) is 0. The molecule has 0 aromatic heterocycles. The first kappa shape index (κ1) is 14.8. The average Bonchev–Trinajstić information content (AvgIpc) is 2.23. The Kier molecular flexibility index (Phi) is 8.43. The van der Waals surface area contributed by atoms with Gasteiger partial charge in [-0.1, -0.05) is 19.1 Å². The number of carboxylic acids is 1. The molecule has 0 spiro atoms. The van der Waals surface area contributed by atoms with Crippen LogP contribution in [0.25, 0.3) is 0 Å². The molecule has 0 heterocycles. The fraction of sp³-hybridized carbons (Fsp3) is 0.667. The number of hydrogen-bond donors (Lipinski definition) is 2. The number of carboxylic acid groups (broad SMARTS) is 1. The van der Waals surface area contributed by atoms with E-state index >= 15 is 0 Å². The van der Waals surface area contributed by atoms with Crippen molar-refractivity contribution in [3.63, 3.8) is 0 Å². The predicted octanol–water partition coefficient (Wildman–Crippen LogP) is 1.88. The van der Waals surface area contributed by atoms with E-state index < -0.39 is 12.0 Å². The standard InChI is InChI=1S/C12H21NO3/c1-2-3-4-5-8-11(14)10(13)7-6-9-12(15)16/h3-4,10H,2,5-9,13H2,1H3,(H,15,16). The van der Waals surface area contributed by atoms with Gasteiger partial charge in [-0.05, 0) is 25.7 Å². The summed E-state index contributed by atoms with van der Waals surface area (Å²) in [5.41, 5.74) is 5.65. The van der Waals surface area contributed by atoms with Crippen molar-refractivity contribution >= 4 is 11.8 Å². The zero-order valence-electron chi connectivity index (χ0n) is 9.82. The Morgan fingerprint density at radius 1 is 1.31 bits per heavy atom. The van der Waals surface area contributed by atoms with Crippen LogP contribution in [0.15, 0.2) is 12.2 Å². The number of Topliss-reactive ketones (excluding diaryl/α,β-unsaturated/α-hetero) is 1. The van der Waals surface area contributed by atoms with Gasteiger partial charge in [0.1, 0.15) is 5.78 Å². The Bertz CT molecular complexity index is 249. The maximum absolute atomic E-state index is 11.5. The van der Waals surface area contributed by atoms with Crippen molar-refractivity contribution in [2.75, 3.05) is 0 Å². The van der Waals surface area contributed by atoms with Gasteiger partial charge in [0, 0.05) is 12.8 Å². The quantitative estimate of drug-likeness (QED) is 0.589. The molecule has 1 unspecified atom stereocenters. The number of ketones is 1. The van der Waals surface area contributed by atoms with E-state index in [0.29, 0.717) is 19.3 Å². The molecule has 0 aromatic rings. The van der Waals surface area contributed by atoms with Crippen molar-refractivity contribution in [2.45, 2.75) is 51.5 Å². The van der Waals surface area contributed by atoms with Crippen LogP contribution in [-0.4, -0.2) is 22.9 Å². The van der Waals surface area contributed by atoms with Gasteiger partial charge in [-0.25, -0.2) is 0 Å². The molecular formula is C12H21NO3. The minimum Gasteiger partial charge on any atom is -0.481 e. The molecule has 16 heavy (non-hydrogen) atoms. The van der Waals surface area contributed by atoms with Crippen LogP contribution in [0.5, 0.6) is 0 Å². The zero-order chi connectivity index (χ0) is 12.4. The van der Waals surface area contributed by atoms with E-state index in [1.165, 1.54) is 0 Å². The van der Waals surface area contributed by atoms with E-state index in [-0.39, 0.29) is 12.2 Å². The maximum atomic E-state index is 11.5. The predicted molar refractivity (Wildman–Crippen MR) is 63.1 cm³/mol. The summed E-state index contributed by atoms with van der Waals surface area (Å²) in [6, 6.07) is -0.505. The maximum Gasteiger partial charge on any atom is 0.303 e. The van der Waals surface area contributed by atoms with Gasteiger partial charge in [0.05, 0.1) is 6.04 Å². The lowest BCUT2D eigenvalue weighted by Gasteiger charge is -2.08. The van der Waals surface area contributed by atoms with Crippen LogP contribution in [0, 0.1) is 0 Å². The number of carbonyl (C=O) groups is 2. The third-order valence-corrected chi connectivity index (χ3v) is 2.28. The number of hydrogen-bond acceptors (Lipinski definition) is 3. The third kappa shape index (κ3) is 8.17. The summed E-state index contributed by atoms with van der Waals surface area (Å²) in [6.07, 6.45) is 7.14. The van der Waals surface area contributed by atoms with Gasteiger partial charge in [0.15, 0.2) is 0 Å². The fourth-order valence-electron chi connectivity index (χ4n) is 1.33. The van der Waals surface area contributed by atoms with Gasteiger partial charge in [0.25, 0.3) is 0 Å². The summed E-state index contributed by atoms with van der Waals surface area (Å²) in [5.74, 6) is -0.823. The van der Waals surface area contributed by atoms with Gasteiger partial charge in [-0.2, -0.15) is 0 Å². The van der Waals surface area contributed by atoms with Crippen LogP contribution in [0.2, 0.25) is 0 Å². The Hall–Kier alpha value is -1.16. The lowest BCUT2D eigenvalue weighted by molar-refractivity contribution is -0.137. The van der Waals surface area contributed by atoms with Gasteiger partial charge in [0.2, 0.25) is 0 Å². The molecule has 0 aliphatic carbocycles. The van der Waals surface area contributed by atoms with E-state index in [1.54, 1.807) is 0 Å². The summed E-state index contributed by atoms with van der Waals surface area (Å²) >= 11 is 0. The number of allylic oxidation sites excluding steroid dienone is 2. The minimum absolute atomic E-state index is 0.0196. The molecule has 4 heteroatoms. The number of carbonyl (C=O) groups excluding carboxylic acids is 1. The summed E-state index contributed by atoms with van der Waals surface area (Å²) < 4.78 is 0. The van der Waals surface area contributed by atoms with Crippen LogP contribution in [0.1, 0.15) is 45.4 Å². The molecule has 0 bridgehead atoms. The lowest BCUT2D eigenvalue weighted by atomic mass is 10.0.